The Morgan fingerprint density at radius 1 is 1.25 bits per heavy atom. The summed E-state index contributed by atoms with van der Waals surface area (Å²) >= 11 is 0. The molecular weight excluding hydrogens is 312 g/mol. The third-order valence-electron chi connectivity index (χ3n) is 3.60. The predicted octanol–water partition coefficient (Wildman–Crippen LogP) is -0.0683. The molecule has 8 heteroatoms. The summed E-state index contributed by atoms with van der Waals surface area (Å²) in [5, 5.41) is 8.55. The van der Waals surface area contributed by atoms with Crippen molar-refractivity contribution in [3.63, 3.8) is 0 Å². The number of hydrogen-bond donors (Lipinski definition) is 2. The molecule has 0 radical (unpaired) electrons. The van der Waals surface area contributed by atoms with Gasteiger partial charge in [0.1, 0.15) is 12.3 Å². The first-order valence-corrected chi connectivity index (χ1v) is 7.44. The van der Waals surface area contributed by atoms with Crippen molar-refractivity contribution in [3.8, 4) is 0 Å². The summed E-state index contributed by atoms with van der Waals surface area (Å²) in [5.41, 5.74) is 0.532. The fourth-order valence-electron chi connectivity index (χ4n) is 2.37. The van der Waals surface area contributed by atoms with Crippen molar-refractivity contribution in [3.05, 3.63) is 58.5 Å². The van der Waals surface area contributed by atoms with Gasteiger partial charge in [-0.15, -0.1) is 0 Å². The number of hydrogen-bond acceptors (Lipinski definition) is 5. The van der Waals surface area contributed by atoms with Crippen LogP contribution < -0.4 is 15.8 Å². The summed E-state index contributed by atoms with van der Waals surface area (Å²) in [6.07, 6.45) is -0.324. The van der Waals surface area contributed by atoms with Crippen LogP contribution in [0.1, 0.15) is 10.5 Å². The maximum absolute atomic E-state index is 12.0. The third-order valence-corrected chi connectivity index (χ3v) is 3.60. The lowest BCUT2D eigenvalue weighted by Gasteiger charge is -2.32. The number of carbonyl (C=O) groups excluding carboxylic acids is 2. The minimum Gasteiger partial charge on any atom is -0.365 e. The molecule has 124 valence electrons. The Morgan fingerprint density at radius 3 is 2.75 bits per heavy atom. The van der Waals surface area contributed by atoms with Crippen LogP contribution in [0.15, 0.2) is 47.3 Å². The number of nitrogens with zero attached hydrogens (tertiary/aromatic N) is 2. The lowest BCUT2D eigenvalue weighted by atomic mass is 10.2. The Hall–Kier alpha value is -3.00. The van der Waals surface area contributed by atoms with Gasteiger partial charge in [-0.25, -0.2) is 5.10 Å². The summed E-state index contributed by atoms with van der Waals surface area (Å²) in [4.78, 5) is 36.6. The summed E-state index contributed by atoms with van der Waals surface area (Å²) in [6.45, 7) is 0.546. The molecule has 24 heavy (non-hydrogen) atoms. The second-order valence-corrected chi connectivity index (χ2v) is 5.29. The van der Waals surface area contributed by atoms with E-state index in [0.29, 0.717) is 6.54 Å². The second kappa shape index (κ2) is 7.05. The molecule has 1 aliphatic heterocycles. The van der Waals surface area contributed by atoms with E-state index in [4.69, 9.17) is 4.74 Å². The van der Waals surface area contributed by atoms with E-state index in [1.165, 1.54) is 12.1 Å². The average Bonchev–Trinajstić information content (AvgIpc) is 2.62. The van der Waals surface area contributed by atoms with Crippen molar-refractivity contribution in [2.45, 2.75) is 6.10 Å². The third kappa shape index (κ3) is 3.66. The Morgan fingerprint density at radius 2 is 2.04 bits per heavy atom. The van der Waals surface area contributed by atoms with Crippen molar-refractivity contribution in [2.75, 3.05) is 24.6 Å². The molecule has 3 rings (SSSR count). The monoisotopic (exact) mass is 328 g/mol. The minimum absolute atomic E-state index is 0.0354. The zero-order valence-electron chi connectivity index (χ0n) is 12.8. The van der Waals surface area contributed by atoms with E-state index in [0.717, 1.165) is 5.69 Å². The highest BCUT2D eigenvalue weighted by Crippen LogP contribution is 2.17. The van der Waals surface area contributed by atoms with Gasteiger partial charge in [0.15, 0.2) is 0 Å². The van der Waals surface area contributed by atoms with E-state index in [1.807, 2.05) is 30.3 Å². The molecule has 1 aromatic heterocycles. The molecule has 2 amide bonds. The number of para-hydroxylation sites is 1. The van der Waals surface area contributed by atoms with E-state index in [-0.39, 0.29) is 36.4 Å². The Labute approximate surface area is 137 Å². The molecule has 1 unspecified atom stereocenters. The summed E-state index contributed by atoms with van der Waals surface area (Å²) in [7, 11) is 0. The minimum atomic E-state index is -0.419. The molecule has 1 atom stereocenters. The van der Waals surface area contributed by atoms with Gasteiger partial charge in [0.2, 0.25) is 0 Å². The topological polar surface area (TPSA) is 104 Å². The van der Waals surface area contributed by atoms with Crippen molar-refractivity contribution >= 4 is 17.5 Å². The summed E-state index contributed by atoms with van der Waals surface area (Å²) in [5.74, 6) is -0.538. The zero-order valence-corrected chi connectivity index (χ0v) is 12.8. The van der Waals surface area contributed by atoms with Crippen LogP contribution in [-0.4, -0.2) is 47.8 Å². The average molecular weight is 328 g/mol. The molecule has 0 bridgehead atoms. The van der Waals surface area contributed by atoms with E-state index in [1.54, 1.807) is 4.90 Å². The number of benzene rings is 1. The van der Waals surface area contributed by atoms with E-state index >= 15 is 0 Å². The van der Waals surface area contributed by atoms with Gasteiger partial charge in [-0.05, 0) is 18.2 Å². The maximum Gasteiger partial charge on any atom is 0.271 e. The van der Waals surface area contributed by atoms with Crippen LogP contribution in [0, 0.1) is 0 Å². The number of rotatable bonds is 4. The van der Waals surface area contributed by atoms with Gasteiger partial charge < -0.3 is 15.0 Å². The smallest absolute Gasteiger partial charge is 0.271 e. The number of nitrogens with one attached hydrogen (secondary N) is 2. The molecule has 0 saturated carbocycles. The molecule has 1 fully saturated rings. The van der Waals surface area contributed by atoms with Crippen LogP contribution in [0.2, 0.25) is 0 Å². The van der Waals surface area contributed by atoms with Crippen LogP contribution in [0.3, 0.4) is 0 Å². The molecule has 2 aromatic rings. The first-order valence-electron chi connectivity index (χ1n) is 7.44. The van der Waals surface area contributed by atoms with Gasteiger partial charge in [-0.2, -0.15) is 5.10 Å². The molecule has 2 N–H and O–H groups in total. The number of H-pyrrole nitrogens is 1. The highest BCUT2D eigenvalue weighted by atomic mass is 16.5. The van der Waals surface area contributed by atoms with Crippen molar-refractivity contribution in [1.29, 1.82) is 0 Å². The number of ether oxygens (including phenoxy) is 1. The normalized spacial score (nSPS) is 17.6. The fourth-order valence-corrected chi connectivity index (χ4v) is 2.37. The Bertz CT molecular complexity index is 770. The zero-order chi connectivity index (χ0) is 16.9. The molecular formula is C16H16N4O4. The summed E-state index contributed by atoms with van der Waals surface area (Å²) < 4.78 is 5.46. The van der Waals surface area contributed by atoms with Crippen LogP contribution in [0.5, 0.6) is 0 Å². The predicted molar refractivity (Wildman–Crippen MR) is 85.7 cm³/mol. The second-order valence-electron chi connectivity index (χ2n) is 5.29. The fraction of sp³-hybridized carbons (Fsp3) is 0.250. The Balaban J connectivity index is 1.59. The molecule has 1 saturated heterocycles. The van der Waals surface area contributed by atoms with Gasteiger partial charge in [-0.3, -0.25) is 14.4 Å². The van der Waals surface area contributed by atoms with Crippen LogP contribution in [0.25, 0.3) is 0 Å². The number of morpholine rings is 1. The molecule has 8 nitrogen and oxygen atoms in total. The van der Waals surface area contributed by atoms with Gasteiger partial charge in [0.05, 0.1) is 12.6 Å². The molecule has 0 spiro atoms. The van der Waals surface area contributed by atoms with Crippen molar-refractivity contribution < 1.29 is 14.3 Å². The van der Waals surface area contributed by atoms with Crippen LogP contribution >= 0.6 is 0 Å². The van der Waals surface area contributed by atoms with Gasteiger partial charge in [0, 0.05) is 18.3 Å². The highest BCUT2D eigenvalue weighted by molar-refractivity contribution is 5.95. The molecule has 1 aliphatic rings. The van der Waals surface area contributed by atoms with Crippen LogP contribution in [0.4, 0.5) is 5.69 Å². The standard InChI is InChI=1S/C16H16N4O4/c21-14-7-6-13(18-19-14)16(23)17-8-12-9-20(15(22)10-24-12)11-4-2-1-3-5-11/h1-7,12H,8-10H2,(H,17,23)(H,19,21). The number of aromatic nitrogens is 2. The number of amides is 2. The number of anilines is 1. The quantitative estimate of drug-likeness (QED) is 0.818. The highest BCUT2D eigenvalue weighted by Gasteiger charge is 2.27. The maximum atomic E-state index is 12.0. The van der Waals surface area contributed by atoms with E-state index < -0.39 is 5.91 Å². The van der Waals surface area contributed by atoms with Crippen molar-refractivity contribution in [2.24, 2.45) is 0 Å². The molecule has 0 aliphatic carbocycles. The first-order chi connectivity index (χ1) is 11.6. The molecule has 2 heterocycles. The van der Waals surface area contributed by atoms with Gasteiger partial charge >= 0.3 is 0 Å². The van der Waals surface area contributed by atoms with Gasteiger partial charge in [0.25, 0.3) is 17.4 Å². The van der Waals surface area contributed by atoms with E-state index in [9.17, 15) is 14.4 Å². The lowest BCUT2D eigenvalue weighted by Crippen LogP contribution is -2.50. The number of carbonyl (C=O) groups is 2. The van der Waals surface area contributed by atoms with E-state index in [2.05, 4.69) is 15.5 Å². The molecule has 1 aromatic carbocycles. The number of aromatic amines is 1. The lowest BCUT2D eigenvalue weighted by molar-refractivity contribution is -0.129. The first kappa shape index (κ1) is 15.9. The SMILES string of the molecule is O=C(NCC1CN(c2ccccc2)C(=O)CO1)c1ccc(=O)[nH]n1. The van der Waals surface area contributed by atoms with Crippen LogP contribution in [-0.2, 0) is 9.53 Å². The van der Waals surface area contributed by atoms with Crippen molar-refractivity contribution in [1.82, 2.24) is 15.5 Å². The largest absolute Gasteiger partial charge is 0.365 e. The summed E-state index contributed by atoms with van der Waals surface area (Å²) in [6, 6.07) is 11.9. The van der Waals surface area contributed by atoms with Gasteiger partial charge in [-0.1, -0.05) is 18.2 Å². The Kier molecular flexibility index (Phi) is 4.66.